The van der Waals surface area contributed by atoms with E-state index in [0.29, 0.717) is 32.7 Å². The Balaban J connectivity index is 1.66. The molecule has 0 spiro atoms. The summed E-state index contributed by atoms with van der Waals surface area (Å²) in [6.07, 6.45) is 3.87. The van der Waals surface area contributed by atoms with Gasteiger partial charge >= 0.3 is 0 Å². The topological polar surface area (TPSA) is 58.6 Å². The Hall–Kier alpha value is -1.88. The molecule has 1 N–H and O–H groups in total. The van der Waals surface area contributed by atoms with Crippen molar-refractivity contribution in [2.75, 3.05) is 26.8 Å². The van der Waals surface area contributed by atoms with E-state index in [-0.39, 0.29) is 17.7 Å². The number of hydrogen-bond donors (Lipinski definition) is 1. The summed E-state index contributed by atoms with van der Waals surface area (Å²) in [6, 6.07) is 9.92. The number of methoxy groups -OCH3 is 1. The highest BCUT2D eigenvalue weighted by molar-refractivity contribution is 5.80. The van der Waals surface area contributed by atoms with Crippen molar-refractivity contribution in [3.8, 4) is 0 Å². The van der Waals surface area contributed by atoms with Crippen molar-refractivity contribution in [2.24, 2.45) is 5.92 Å². The van der Waals surface area contributed by atoms with Crippen molar-refractivity contribution in [1.29, 1.82) is 0 Å². The Morgan fingerprint density at radius 3 is 2.54 bits per heavy atom. The average molecular weight is 332 g/mol. The summed E-state index contributed by atoms with van der Waals surface area (Å²) in [4.78, 5) is 26.3. The molecule has 1 aliphatic rings. The molecule has 0 bridgehead atoms. The van der Waals surface area contributed by atoms with E-state index in [1.807, 2.05) is 35.2 Å². The van der Waals surface area contributed by atoms with Crippen LogP contribution in [0.5, 0.6) is 0 Å². The van der Waals surface area contributed by atoms with Gasteiger partial charge in [0.05, 0.1) is 0 Å². The van der Waals surface area contributed by atoms with Crippen LogP contribution in [0.4, 0.5) is 0 Å². The average Bonchev–Trinajstić information content (AvgIpc) is 2.64. The Kier molecular flexibility index (Phi) is 7.75. The van der Waals surface area contributed by atoms with Crippen LogP contribution in [-0.2, 0) is 20.9 Å². The van der Waals surface area contributed by atoms with E-state index in [9.17, 15) is 9.59 Å². The Morgan fingerprint density at radius 2 is 1.88 bits per heavy atom. The predicted molar refractivity (Wildman–Crippen MR) is 93.3 cm³/mol. The largest absolute Gasteiger partial charge is 0.385 e. The molecule has 24 heavy (non-hydrogen) atoms. The molecule has 1 saturated heterocycles. The van der Waals surface area contributed by atoms with Gasteiger partial charge in [-0.15, -0.1) is 0 Å². The molecule has 0 saturated carbocycles. The second-order valence-electron chi connectivity index (χ2n) is 6.31. The van der Waals surface area contributed by atoms with Gasteiger partial charge in [-0.25, -0.2) is 0 Å². The SMILES string of the molecule is COCCCCC(=O)N1CCC(C(=O)NCc2ccccc2)CC1. The zero-order valence-corrected chi connectivity index (χ0v) is 14.5. The maximum atomic E-state index is 12.3. The number of hydrogen-bond acceptors (Lipinski definition) is 3. The first-order valence-corrected chi connectivity index (χ1v) is 8.79. The molecule has 2 amide bonds. The van der Waals surface area contributed by atoms with E-state index in [0.717, 1.165) is 31.2 Å². The van der Waals surface area contributed by atoms with Crippen molar-refractivity contribution in [3.05, 3.63) is 35.9 Å². The summed E-state index contributed by atoms with van der Waals surface area (Å²) in [7, 11) is 1.68. The van der Waals surface area contributed by atoms with Crippen LogP contribution in [-0.4, -0.2) is 43.5 Å². The van der Waals surface area contributed by atoms with Crippen LogP contribution >= 0.6 is 0 Å². The van der Waals surface area contributed by atoms with Crippen molar-refractivity contribution in [1.82, 2.24) is 10.2 Å². The molecule has 0 aromatic heterocycles. The number of piperidine rings is 1. The molecule has 0 unspecified atom stereocenters. The number of likely N-dealkylation sites (tertiary alicyclic amines) is 1. The van der Waals surface area contributed by atoms with E-state index in [1.54, 1.807) is 7.11 Å². The quantitative estimate of drug-likeness (QED) is 0.744. The van der Waals surface area contributed by atoms with Gasteiger partial charge in [-0.05, 0) is 31.2 Å². The van der Waals surface area contributed by atoms with Gasteiger partial charge in [0.25, 0.3) is 0 Å². The van der Waals surface area contributed by atoms with Crippen LogP contribution in [0, 0.1) is 5.92 Å². The maximum absolute atomic E-state index is 12.3. The van der Waals surface area contributed by atoms with E-state index in [2.05, 4.69) is 5.32 Å². The van der Waals surface area contributed by atoms with Gasteiger partial charge in [0.1, 0.15) is 0 Å². The Morgan fingerprint density at radius 1 is 1.17 bits per heavy atom. The molecule has 132 valence electrons. The van der Waals surface area contributed by atoms with Gasteiger partial charge < -0.3 is 15.0 Å². The number of nitrogens with zero attached hydrogens (tertiary/aromatic N) is 1. The molecular formula is C19H28N2O3. The summed E-state index contributed by atoms with van der Waals surface area (Å²) in [6.45, 7) is 2.65. The molecule has 0 radical (unpaired) electrons. The van der Waals surface area contributed by atoms with Gasteiger partial charge in [-0.2, -0.15) is 0 Å². The monoisotopic (exact) mass is 332 g/mol. The fraction of sp³-hybridized carbons (Fsp3) is 0.579. The fourth-order valence-electron chi connectivity index (χ4n) is 3.00. The number of ether oxygens (including phenoxy) is 1. The third-order valence-corrected chi connectivity index (χ3v) is 4.52. The minimum Gasteiger partial charge on any atom is -0.385 e. The molecule has 1 aromatic rings. The zero-order valence-electron chi connectivity index (χ0n) is 14.5. The number of rotatable bonds is 8. The summed E-state index contributed by atoms with van der Waals surface area (Å²) >= 11 is 0. The number of carbonyl (C=O) groups is 2. The lowest BCUT2D eigenvalue weighted by molar-refractivity contribution is -0.135. The predicted octanol–water partition coefficient (Wildman–Crippen LogP) is 2.36. The first-order chi connectivity index (χ1) is 11.7. The van der Waals surface area contributed by atoms with E-state index in [1.165, 1.54) is 0 Å². The number of carbonyl (C=O) groups excluding carboxylic acids is 2. The first kappa shape index (κ1) is 18.5. The normalized spacial score (nSPS) is 15.3. The third kappa shape index (κ3) is 5.96. The molecule has 1 aromatic carbocycles. The minimum absolute atomic E-state index is 0.0197. The lowest BCUT2D eigenvalue weighted by atomic mass is 9.95. The summed E-state index contributed by atoms with van der Waals surface area (Å²) in [5, 5.41) is 3.00. The number of benzene rings is 1. The van der Waals surface area contributed by atoms with E-state index < -0.39 is 0 Å². The van der Waals surface area contributed by atoms with Gasteiger partial charge in [-0.1, -0.05) is 30.3 Å². The second-order valence-corrected chi connectivity index (χ2v) is 6.31. The minimum atomic E-state index is 0.0197. The lowest BCUT2D eigenvalue weighted by Gasteiger charge is -2.31. The van der Waals surface area contributed by atoms with Crippen molar-refractivity contribution < 1.29 is 14.3 Å². The standard InChI is InChI=1S/C19H28N2O3/c1-24-14-6-5-9-18(22)21-12-10-17(11-13-21)19(23)20-15-16-7-3-2-4-8-16/h2-4,7-8,17H,5-6,9-15H2,1H3,(H,20,23). The van der Waals surface area contributed by atoms with E-state index in [4.69, 9.17) is 4.74 Å². The van der Waals surface area contributed by atoms with Crippen LogP contribution in [0.15, 0.2) is 30.3 Å². The van der Waals surface area contributed by atoms with Crippen LogP contribution < -0.4 is 5.32 Å². The molecule has 5 nitrogen and oxygen atoms in total. The van der Waals surface area contributed by atoms with Crippen LogP contribution in [0.1, 0.15) is 37.7 Å². The third-order valence-electron chi connectivity index (χ3n) is 4.52. The zero-order chi connectivity index (χ0) is 17.2. The van der Waals surface area contributed by atoms with Gasteiger partial charge in [0.15, 0.2) is 0 Å². The summed E-state index contributed by atoms with van der Waals surface area (Å²) in [5.41, 5.74) is 1.11. The smallest absolute Gasteiger partial charge is 0.223 e. The molecule has 0 aliphatic carbocycles. The number of unbranched alkanes of at least 4 members (excludes halogenated alkanes) is 1. The molecule has 1 aliphatic heterocycles. The lowest BCUT2D eigenvalue weighted by Crippen LogP contribution is -2.42. The summed E-state index contributed by atoms with van der Waals surface area (Å²) < 4.78 is 5.00. The number of nitrogens with one attached hydrogen (secondary N) is 1. The van der Waals surface area contributed by atoms with Gasteiger partial charge in [0.2, 0.25) is 11.8 Å². The van der Waals surface area contributed by atoms with Crippen molar-refractivity contribution >= 4 is 11.8 Å². The van der Waals surface area contributed by atoms with Gasteiger partial charge in [-0.3, -0.25) is 9.59 Å². The second kappa shape index (κ2) is 10.1. The highest BCUT2D eigenvalue weighted by atomic mass is 16.5. The molecule has 1 fully saturated rings. The molecular weight excluding hydrogens is 304 g/mol. The van der Waals surface area contributed by atoms with Crippen molar-refractivity contribution in [3.63, 3.8) is 0 Å². The van der Waals surface area contributed by atoms with Crippen molar-refractivity contribution in [2.45, 2.75) is 38.6 Å². The maximum Gasteiger partial charge on any atom is 0.223 e. The molecule has 2 rings (SSSR count). The Labute approximate surface area is 144 Å². The van der Waals surface area contributed by atoms with Gasteiger partial charge in [0, 0.05) is 45.7 Å². The highest BCUT2D eigenvalue weighted by Gasteiger charge is 2.26. The van der Waals surface area contributed by atoms with Crippen LogP contribution in [0.3, 0.4) is 0 Å². The molecule has 0 atom stereocenters. The first-order valence-electron chi connectivity index (χ1n) is 8.79. The number of amides is 2. The van der Waals surface area contributed by atoms with E-state index >= 15 is 0 Å². The molecule has 1 heterocycles. The van der Waals surface area contributed by atoms with Crippen LogP contribution in [0.25, 0.3) is 0 Å². The summed E-state index contributed by atoms with van der Waals surface area (Å²) in [5.74, 6) is 0.326. The molecule has 5 heteroatoms. The van der Waals surface area contributed by atoms with Crippen LogP contribution in [0.2, 0.25) is 0 Å². The Bertz CT molecular complexity index is 511. The highest BCUT2D eigenvalue weighted by Crippen LogP contribution is 2.18. The fourth-order valence-corrected chi connectivity index (χ4v) is 3.00.